The molecule has 1 saturated carbocycles. The minimum absolute atomic E-state index is 0.0971. The molecule has 1 aromatic carbocycles. The first-order valence-electron chi connectivity index (χ1n) is 6.01. The molecule has 0 radical (unpaired) electrons. The van der Waals surface area contributed by atoms with Crippen molar-refractivity contribution in [3.05, 3.63) is 28.7 Å². The van der Waals surface area contributed by atoms with Gasteiger partial charge in [-0.05, 0) is 43.5 Å². The number of nitrogens with zero attached hydrogens (tertiary/aromatic N) is 1. The number of hydrogen-bond donors (Lipinski definition) is 0. The van der Waals surface area contributed by atoms with E-state index in [9.17, 15) is 4.79 Å². The van der Waals surface area contributed by atoms with E-state index in [2.05, 4.69) is 15.9 Å². The number of ether oxygens (including phenoxy) is 1. The van der Waals surface area contributed by atoms with Gasteiger partial charge in [-0.15, -0.1) is 0 Å². The van der Waals surface area contributed by atoms with Gasteiger partial charge in [-0.3, -0.25) is 4.90 Å². The lowest BCUT2D eigenvalue weighted by atomic mass is 9.92. The number of rotatable bonds is 1. The van der Waals surface area contributed by atoms with E-state index < -0.39 is 0 Å². The van der Waals surface area contributed by atoms with Crippen molar-refractivity contribution in [2.75, 3.05) is 4.90 Å². The van der Waals surface area contributed by atoms with Crippen LogP contribution in [-0.2, 0) is 4.74 Å². The van der Waals surface area contributed by atoms with Crippen LogP contribution in [0.4, 0.5) is 10.5 Å². The summed E-state index contributed by atoms with van der Waals surface area (Å²) in [6.07, 6.45) is 4.31. The number of carbonyl (C=O) groups is 1. The number of hydrogen-bond acceptors (Lipinski definition) is 2. The summed E-state index contributed by atoms with van der Waals surface area (Å²) >= 11 is 3.40. The van der Waals surface area contributed by atoms with Crippen molar-refractivity contribution >= 4 is 27.7 Å². The molecule has 90 valence electrons. The fourth-order valence-corrected chi connectivity index (χ4v) is 2.99. The number of amides is 1. The van der Waals surface area contributed by atoms with Gasteiger partial charge in [0.05, 0.1) is 6.04 Å². The topological polar surface area (TPSA) is 29.5 Å². The van der Waals surface area contributed by atoms with Crippen LogP contribution in [-0.4, -0.2) is 18.2 Å². The van der Waals surface area contributed by atoms with Crippen LogP contribution in [0.25, 0.3) is 0 Å². The molecule has 17 heavy (non-hydrogen) atoms. The van der Waals surface area contributed by atoms with E-state index in [1.807, 2.05) is 29.2 Å². The van der Waals surface area contributed by atoms with Crippen LogP contribution in [0.5, 0.6) is 0 Å². The maximum atomic E-state index is 11.9. The highest BCUT2D eigenvalue weighted by Crippen LogP contribution is 2.35. The lowest BCUT2D eigenvalue weighted by molar-refractivity contribution is 0.113. The molecule has 0 N–H and O–H groups in total. The molecule has 1 aliphatic carbocycles. The molecular formula is C13H14BrNO2. The Hall–Kier alpha value is -1.03. The summed E-state index contributed by atoms with van der Waals surface area (Å²) < 4.78 is 6.46. The Morgan fingerprint density at radius 2 is 1.88 bits per heavy atom. The monoisotopic (exact) mass is 295 g/mol. The fraction of sp³-hybridized carbons (Fsp3) is 0.462. The molecule has 3 nitrogen and oxygen atoms in total. The normalized spacial score (nSPS) is 27.8. The Morgan fingerprint density at radius 1 is 1.18 bits per heavy atom. The van der Waals surface area contributed by atoms with Crippen molar-refractivity contribution in [1.82, 2.24) is 0 Å². The average Bonchev–Trinajstić information content (AvgIpc) is 2.66. The Bertz CT molecular complexity index is 432. The average molecular weight is 296 g/mol. The maximum Gasteiger partial charge on any atom is 0.415 e. The van der Waals surface area contributed by atoms with E-state index in [-0.39, 0.29) is 18.2 Å². The third kappa shape index (κ3) is 1.95. The molecule has 1 aliphatic heterocycles. The minimum Gasteiger partial charge on any atom is -0.444 e. The maximum absolute atomic E-state index is 11.9. The van der Waals surface area contributed by atoms with Crippen LogP contribution in [0.2, 0.25) is 0 Å². The van der Waals surface area contributed by atoms with E-state index in [4.69, 9.17) is 4.74 Å². The van der Waals surface area contributed by atoms with E-state index in [1.54, 1.807) is 0 Å². The molecule has 3 rings (SSSR count). The number of fused-ring (bicyclic) bond motifs is 1. The third-order valence-electron chi connectivity index (χ3n) is 3.55. The molecule has 0 aromatic heterocycles. The molecule has 1 amide bonds. The lowest BCUT2D eigenvalue weighted by Crippen LogP contribution is -2.38. The molecule has 0 spiro atoms. The Balaban J connectivity index is 1.90. The SMILES string of the molecule is O=C1O[C@@H]2CCCCC2N1c1ccc(Br)cc1. The smallest absolute Gasteiger partial charge is 0.415 e. The quantitative estimate of drug-likeness (QED) is 0.790. The van der Waals surface area contributed by atoms with Crippen LogP contribution < -0.4 is 4.90 Å². The first-order valence-corrected chi connectivity index (χ1v) is 6.80. The van der Waals surface area contributed by atoms with E-state index in [0.29, 0.717) is 0 Å². The predicted molar refractivity (Wildman–Crippen MR) is 69.1 cm³/mol. The number of carbonyl (C=O) groups excluding carboxylic acids is 1. The summed E-state index contributed by atoms with van der Waals surface area (Å²) in [4.78, 5) is 13.7. The van der Waals surface area contributed by atoms with Crippen molar-refractivity contribution in [3.63, 3.8) is 0 Å². The van der Waals surface area contributed by atoms with Crippen molar-refractivity contribution in [2.45, 2.75) is 37.8 Å². The fourth-order valence-electron chi connectivity index (χ4n) is 2.73. The summed E-state index contributed by atoms with van der Waals surface area (Å²) in [5, 5.41) is 0. The zero-order valence-electron chi connectivity index (χ0n) is 9.43. The van der Waals surface area contributed by atoms with Gasteiger partial charge in [-0.2, -0.15) is 0 Å². The molecule has 4 heteroatoms. The van der Waals surface area contributed by atoms with Gasteiger partial charge in [0.1, 0.15) is 6.10 Å². The van der Waals surface area contributed by atoms with Gasteiger partial charge in [0.25, 0.3) is 0 Å². The summed E-state index contributed by atoms with van der Waals surface area (Å²) in [5.41, 5.74) is 0.938. The van der Waals surface area contributed by atoms with Gasteiger partial charge >= 0.3 is 6.09 Å². The molecule has 1 unspecified atom stereocenters. The van der Waals surface area contributed by atoms with Gasteiger partial charge in [0.15, 0.2) is 0 Å². The second-order valence-corrected chi connectivity index (χ2v) is 5.54. The minimum atomic E-state index is -0.191. The van der Waals surface area contributed by atoms with E-state index in [0.717, 1.165) is 23.0 Å². The second kappa shape index (κ2) is 4.33. The van der Waals surface area contributed by atoms with Gasteiger partial charge in [-0.25, -0.2) is 4.79 Å². The highest BCUT2D eigenvalue weighted by Gasteiger charge is 2.43. The lowest BCUT2D eigenvalue weighted by Gasteiger charge is -2.27. The standard InChI is InChI=1S/C13H14BrNO2/c14-9-5-7-10(8-6-9)15-11-3-1-2-4-12(11)17-13(15)16/h5-8,11-12H,1-4H2/t11?,12-/m1/s1. The first kappa shape index (κ1) is 11.1. The van der Waals surface area contributed by atoms with Crippen molar-refractivity contribution < 1.29 is 9.53 Å². The van der Waals surface area contributed by atoms with Crippen LogP contribution in [0.1, 0.15) is 25.7 Å². The van der Waals surface area contributed by atoms with Crippen molar-refractivity contribution in [3.8, 4) is 0 Å². The third-order valence-corrected chi connectivity index (χ3v) is 4.08. The van der Waals surface area contributed by atoms with Crippen LogP contribution in [0.15, 0.2) is 28.7 Å². The van der Waals surface area contributed by atoms with Crippen molar-refractivity contribution in [1.29, 1.82) is 0 Å². The molecule has 1 saturated heterocycles. The zero-order chi connectivity index (χ0) is 11.8. The van der Waals surface area contributed by atoms with Gasteiger partial charge in [0.2, 0.25) is 0 Å². The molecule has 2 atom stereocenters. The number of halogens is 1. The Morgan fingerprint density at radius 3 is 2.65 bits per heavy atom. The molecule has 1 aromatic rings. The second-order valence-electron chi connectivity index (χ2n) is 4.62. The van der Waals surface area contributed by atoms with Gasteiger partial charge < -0.3 is 4.74 Å². The van der Waals surface area contributed by atoms with E-state index >= 15 is 0 Å². The first-order chi connectivity index (χ1) is 8.25. The summed E-state index contributed by atoms with van der Waals surface area (Å²) in [6.45, 7) is 0. The number of anilines is 1. The Kier molecular flexibility index (Phi) is 2.82. The highest BCUT2D eigenvalue weighted by atomic mass is 79.9. The molecular weight excluding hydrogens is 282 g/mol. The molecule has 2 fully saturated rings. The Labute approximate surface area is 109 Å². The van der Waals surface area contributed by atoms with Gasteiger partial charge in [-0.1, -0.05) is 22.4 Å². The predicted octanol–water partition coefficient (Wildman–Crippen LogP) is 3.72. The van der Waals surface area contributed by atoms with Crippen LogP contribution >= 0.6 is 15.9 Å². The summed E-state index contributed by atoms with van der Waals surface area (Å²) in [6, 6.07) is 8.07. The van der Waals surface area contributed by atoms with E-state index in [1.165, 1.54) is 12.8 Å². The van der Waals surface area contributed by atoms with Gasteiger partial charge in [0, 0.05) is 10.2 Å². The summed E-state index contributed by atoms with van der Waals surface area (Å²) in [7, 11) is 0. The largest absolute Gasteiger partial charge is 0.444 e. The molecule has 1 heterocycles. The highest BCUT2D eigenvalue weighted by molar-refractivity contribution is 9.10. The van der Waals surface area contributed by atoms with Crippen molar-refractivity contribution in [2.24, 2.45) is 0 Å². The summed E-state index contributed by atoms with van der Waals surface area (Å²) in [5.74, 6) is 0. The van der Waals surface area contributed by atoms with Crippen LogP contribution in [0.3, 0.4) is 0 Å². The molecule has 2 aliphatic rings. The zero-order valence-corrected chi connectivity index (χ0v) is 11.0. The molecule has 0 bridgehead atoms. The number of benzene rings is 1. The van der Waals surface area contributed by atoms with Crippen LogP contribution in [0, 0.1) is 0 Å².